The summed E-state index contributed by atoms with van der Waals surface area (Å²) in [4.78, 5) is 15.7. The van der Waals surface area contributed by atoms with Crippen LogP contribution >= 0.6 is 11.6 Å². The Morgan fingerprint density at radius 2 is 1.64 bits per heavy atom. The molecule has 1 aliphatic heterocycles. The summed E-state index contributed by atoms with van der Waals surface area (Å²) < 4.78 is 6.47. The molecule has 1 atom stereocenters. The molecule has 1 saturated heterocycles. The molecule has 2 heterocycles. The maximum atomic E-state index is 13.2. The Kier molecular flexibility index (Phi) is 6.21. The average molecular weight is 459 g/mol. The highest BCUT2D eigenvalue weighted by Gasteiger charge is 2.31. The number of piperidine rings is 1. The summed E-state index contributed by atoms with van der Waals surface area (Å²) in [6.07, 6.45) is 3.53. The molecule has 0 spiro atoms. The highest BCUT2D eigenvalue weighted by molar-refractivity contribution is 6.30. The summed E-state index contributed by atoms with van der Waals surface area (Å²) in [6, 6.07) is 23.3. The Balaban J connectivity index is 1.62. The Morgan fingerprint density at radius 1 is 0.939 bits per heavy atom. The molecule has 5 rings (SSSR count). The fourth-order valence-corrected chi connectivity index (χ4v) is 4.75. The first kappa shape index (κ1) is 21.7. The van der Waals surface area contributed by atoms with Crippen LogP contribution in [0.1, 0.15) is 52.5 Å². The number of amides is 1. The van der Waals surface area contributed by atoms with Gasteiger partial charge < -0.3 is 9.73 Å². The van der Waals surface area contributed by atoms with Crippen LogP contribution in [0.2, 0.25) is 5.02 Å². The zero-order valence-corrected chi connectivity index (χ0v) is 19.4. The van der Waals surface area contributed by atoms with E-state index in [0.29, 0.717) is 10.6 Å². The average Bonchev–Trinajstić information content (AvgIpc) is 3.19. The number of hydrogen-bond acceptors (Lipinski definition) is 3. The predicted octanol–water partition coefficient (Wildman–Crippen LogP) is 7.22. The maximum absolute atomic E-state index is 13.2. The van der Waals surface area contributed by atoms with E-state index in [9.17, 15) is 4.79 Å². The molecule has 33 heavy (non-hydrogen) atoms. The van der Waals surface area contributed by atoms with Crippen LogP contribution in [0, 0.1) is 6.92 Å². The predicted molar refractivity (Wildman–Crippen MR) is 134 cm³/mol. The van der Waals surface area contributed by atoms with E-state index in [1.165, 1.54) is 6.42 Å². The lowest BCUT2D eigenvalue weighted by atomic mass is 9.98. The number of carbonyl (C=O) groups is 1. The van der Waals surface area contributed by atoms with Crippen LogP contribution in [0.4, 0.5) is 5.69 Å². The van der Waals surface area contributed by atoms with Crippen molar-refractivity contribution >= 4 is 34.2 Å². The summed E-state index contributed by atoms with van der Waals surface area (Å²) in [7, 11) is 0. The Morgan fingerprint density at radius 3 is 2.36 bits per heavy atom. The molecule has 1 fully saturated rings. The highest BCUT2D eigenvalue weighted by atomic mass is 35.5. The quantitative estimate of drug-likeness (QED) is 0.343. The zero-order chi connectivity index (χ0) is 22.8. The van der Waals surface area contributed by atoms with Gasteiger partial charge in [0, 0.05) is 16.0 Å². The lowest BCUT2D eigenvalue weighted by Gasteiger charge is -2.34. The molecular formula is C28H27ClN2O2. The Labute approximate surface area is 199 Å². The molecule has 0 radical (unpaired) electrons. The lowest BCUT2D eigenvalue weighted by Crippen LogP contribution is -2.34. The van der Waals surface area contributed by atoms with Crippen molar-refractivity contribution < 1.29 is 9.21 Å². The van der Waals surface area contributed by atoms with Crippen LogP contribution in [-0.4, -0.2) is 23.9 Å². The molecule has 168 valence electrons. The van der Waals surface area contributed by atoms with Gasteiger partial charge in [0.05, 0.1) is 11.7 Å². The second-order valence-electron chi connectivity index (χ2n) is 8.71. The fourth-order valence-electron chi connectivity index (χ4n) is 4.63. The molecule has 4 nitrogen and oxygen atoms in total. The third-order valence-corrected chi connectivity index (χ3v) is 6.62. The number of furan rings is 1. The van der Waals surface area contributed by atoms with E-state index < -0.39 is 0 Å². The third kappa shape index (κ3) is 4.54. The first-order valence-corrected chi connectivity index (χ1v) is 11.9. The van der Waals surface area contributed by atoms with E-state index in [1.54, 1.807) is 0 Å². The SMILES string of the molecule is Cc1ccc(C(=O)Nc2c([C@@H](c3ccc(Cl)cc3)N3CCCCC3)oc3ccccc23)cc1. The van der Waals surface area contributed by atoms with E-state index >= 15 is 0 Å². The summed E-state index contributed by atoms with van der Waals surface area (Å²) in [6.45, 7) is 3.98. The van der Waals surface area contributed by atoms with Gasteiger partial charge in [-0.3, -0.25) is 9.69 Å². The standard InChI is InChI=1S/C28H27ClN2O2/c1-19-9-11-21(12-10-19)28(32)30-25-23-7-3-4-8-24(23)33-27(25)26(31-17-5-2-6-18-31)20-13-15-22(29)16-14-20/h3-4,7-16,26H,2,5-6,17-18H2,1H3,(H,30,32)/t26-/m1/s1. The molecule has 1 amide bonds. The smallest absolute Gasteiger partial charge is 0.255 e. The number of benzene rings is 3. The van der Waals surface area contributed by atoms with Crippen molar-refractivity contribution in [3.63, 3.8) is 0 Å². The molecular weight excluding hydrogens is 432 g/mol. The first-order valence-electron chi connectivity index (χ1n) is 11.5. The summed E-state index contributed by atoms with van der Waals surface area (Å²) in [5, 5.41) is 4.79. The van der Waals surface area contributed by atoms with E-state index in [0.717, 1.165) is 59.5 Å². The largest absolute Gasteiger partial charge is 0.457 e. The maximum Gasteiger partial charge on any atom is 0.255 e. The second kappa shape index (κ2) is 9.42. The molecule has 3 aromatic carbocycles. The number of fused-ring (bicyclic) bond motifs is 1. The van der Waals surface area contributed by atoms with Gasteiger partial charge in [-0.15, -0.1) is 0 Å². The minimum atomic E-state index is -0.142. The van der Waals surface area contributed by atoms with E-state index in [-0.39, 0.29) is 11.9 Å². The molecule has 0 bridgehead atoms. The number of rotatable bonds is 5. The molecule has 4 aromatic rings. The molecule has 5 heteroatoms. The second-order valence-corrected chi connectivity index (χ2v) is 9.14. The first-order chi connectivity index (χ1) is 16.1. The van der Waals surface area contributed by atoms with Gasteiger partial charge in [0.2, 0.25) is 0 Å². The van der Waals surface area contributed by atoms with Gasteiger partial charge in [-0.1, -0.05) is 60.0 Å². The summed E-state index contributed by atoms with van der Waals surface area (Å²) >= 11 is 6.20. The third-order valence-electron chi connectivity index (χ3n) is 6.36. The van der Waals surface area contributed by atoms with Crippen LogP contribution in [0.15, 0.2) is 77.2 Å². The van der Waals surface area contributed by atoms with Crippen molar-refractivity contribution in [2.75, 3.05) is 18.4 Å². The number of nitrogens with one attached hydrogen (secondary N) is 1. The number of likely N-dealkylation sites (tertiary alicyclic amines) is 1. The Hall–Kier alpha value is -3.08. The van der Waals surface area contributed by atoms with Gasteiger partial charge in [0.25, 0.3) is 5.91 Å². The van der Waals surface area contributed by atoms with Crippen LogP contribution in [-0.2, 0) is 0 Å². The van der Waals surface area contributed by atoms with Crippen LogP contribution < -0.4 is 5.32 Å². The van der Waals surface area contributed by atoms with Gasteiger partial charge in [-0.05, 0) is 74.8 Å². The van der Waals surface area contributed by atoms with Crippen molar-refractivity contribution in [3.05, 3.63) is 100 Å². The number of halogens is 1. The molecule has 1 aliphatic rings. The summed E-state index contributed by atoms with van der Waals surface area (Å²) in [5.41, 5.74) is 4.35. The van der Waals surface area contributed by atoms with Gasteiger partial charge in [0.1, 0.15) is 11.3 Å². The van der Waals surface area contributed by atoms with Gasteiger partial charge in [0.15, 0.2) is 0 Å². The number of aryl methyl sites for hydroxylation is 1. The van der Waals surface area contributed by atoms with E-state index in [2.05, 4.69) is 22.3 Å². The van der Waals surface area contributed by atoms with Crippen LogP contribution in [0.5, 0.6) is 0 Å². The van der Waals surface area contributed by atoms with Crippen LogP contribution in [0.3, 0.4) is 0 Å². The molecule has 0 saturated carbocycles. The van der Waals surface area contributed by atoms with Crippen molar-refractivity contribution in [2.45, 2.75) is 32.2 Å². The van der Waals surface area contributed by atoms with Gasteiger partial charge in [-0.25, -0.2) is 0 Å². The number of carbonyl (C=O) groups excluding carboxylic acids is 1. The summed E-state index contributed by atoms with van der Waals surface area (Å²) in [5.74, 6) is 0.622. The number of hydrogen-bond donors (Lipinski definition) is 1. The lowest BCUT2D eigenvalue weighted by molar-refractivity contribution is 0.102. The van der Waals surface area contributed by atoms with Crippen molar-refractivity contribution in [3.8, 4) is 0 Å². The zero-order valence-electron chi connectivity index (χ0n) is 18.7. The van der Waals surface area contributed by atoms with E-state index in [4.69, 9.17) is 16.0 Å². The van der Waals surface area contributed by atoms with Crippen molar-refractivity contribution in [2.24, 2.45) is 0 Å². The number of nitrogens with zero attached hydrogens (tertiary/aromatic N) is 1. The van der Waals surface area contributed by atoms with E-state index in [1.807, 2.05) is 67.6 Å². The minimum Gasteiger partial charge on any atom is -0.457 e. The molecule has 0 aliphatic carbocycles. The normalized spacial score (nSPS) is 15.5. The topological polar surface area (TPSA) is 45.5 Å². The Bertz CT molecular complexity index is 1260. The number of para-hydroxylation sites is 1. The van der Waals surface area contributed by atoms with Crippen molar-refractivity contribution in [1.29, 1.82) is 0 Å². The minimum absolute atomic E-state index is 0.108. The molecule has 0 unspecified atom stereocenters. The van der Waals surface area contributed by atoms with Gasteiger partial charge in [-0.2, -0.15) is 0 Å². The molecule has 1 aromatic heterocycles. The van der Waals surface area contributed by atoms with Crippen LogP contribution in [0.25, 0.3) is 11.0 Å². The molecule has 1 N–H and O–H groups in total. The fraction of sp³-hybridized carbons (Fsp3) is 0.250. The van der Waals surface area contributed by atoms with Crippen molar-refractivity contribution in [1.82, 2.24) is 4.90 Å². The highest BCUT2D eigenvalue weighted by Crippen LogP contribution is 2.41. The monoisotopic (exact) mass is 458 g/mol. The number of anilines is 1. The van der Waals surface area contributed by atoms with Gasteiger partial charge >= 0.3 is 0 Å².